The maximum Gasteiger partial charge on any atom is 0.0465 e. The standard InChI is InChI=1S/C14H29NO/c1-5-15-14(12(3)8-9-16-4)13-7-6-11(2)10-13/h11-15H,5-10H2,1-4H3. The normalized spacial score (nSPS) is 29.2. The van der Waals surface area contributed by atoms with Crippen molar-refractivity contribution in [1.82, 2.24) is 5.32 Å². The molecule has 0 aromatic rings. The van der Waals surface area contributed by atoms with E-state index in [1.807, 2.05) is 0 Å². The van der Waals surface area contributed by atoms with Crippen molar-refractivity contribution >= 4 is 0 Å². The highest BCUT2D eigenvalue weighted by molar-refractivity contribution is 4.86. The molecule has 0 aromatic carbocycles. The molecule has 0 radical (unpaired) electrons. The molecule has 0 aliphatic heterocycles. The van der Waals surface area contributed by atoms with Gasteiger partial charge < -0.3 is 10.1 Å². The molecule has 0 bridgehead atoms. The van der Waals surface area contributed by atoms with E-state index in [1.54, 1.807) is 7.11 Å². The van der Waals surface area contributed by atoms with Gasteiger partial charge in [-0.15, -0.1) is 0 Å². The van der Waals surface area contributed by atoms with Gasteiger partial charge in [0.2, 0.25) is 0 Å². The first-order chi connectivity index (χ1) is 7.69. The number of methoxy groups -OCH3 is 1. The molecule has 0 spiro atoms. The number of ether oxygens (including phenoxy) is 1. The van der Waals surface area contributed by atoms with Crippen LogP contribution in [-0.4, -0.2) is 26.3 Å². The lowest BCUT2D eigenvalue weighted by Gasteiger charge is -2.30. The summed E-state index contributed by atoms with van der Waals surface area (Å²) in [7, 11) is 1.80. The van der Waals surface area contributed by atoms with E-state index in [-0.39, 0.29) is 0 Å². The summed E-state index contributed by atoms with van der Waals surface area (Å²) in [6, 6.07) is 0.699. The van der Waals surface area contributed by atoms with Gasteiger partial charge in [0, 0.05) is 19.8 Å². The topological polar surface area (TPSA) is 21.3 Å². The molecule has 0 heterocycles. The summed E-state index contributed by atoms with van der Waals surface area (Å²) < 4.78 is 5.20. The van der Waals surface area contributed by atoms with Crippen LogP contribution in [0.4, 0.5) is 0 Å². The lowest BCUT2D eigenvalue weighted by molar-refractivity contribution is 0.158. The molecule has 1 saturated carbocycles. The lowest BCUT2D eigenvalue weighted by Crippen LogP contribution is -2.40. The minimum atomic E-state index is 0.699. The van der Waals surface area contributed by atoms with E-state index >= 15 is 0 Å². The Kier molecular flexibility index (Phi) is 6.37. The molecule has 1 rings (SSSR count). The van der Waals surface area contributed by atoms with Crippen molar-refractivity contribution in [1.29, 1.82) is 0 Å². The molecule has 1 N–H and O–H groups in total. The molecule has 4 unspecified atom stereocenters. The van der Waals surface area contributed by atoms with Crippen LogP contribution in [0.5, 0.6) is 0 Å². The first kappa shape index (κ1) is 14.0. The van der Waals surface area contributed by atoms with E-state index in [4.69, 9.17) is 4.74 Å². The van der Waals surface area contributed by atoms with Crippen LogP contribution in [0.15, 0.2) is 0 Å². The molecule has 16 heavy (non-hydrogen) atoms. The van der Waals surface area contributed by atoms with E-state index in [0.717, 1.165) is 30.9 Å². The summed E-state index contributed by atoms with van der Waals surface area (Å²) in [5.74, 6) is 2.55. The van der Waals surface area contributed by atoms with Crippen molar-refractivity contribution in [2.75, 3.05) is 20.3 Å². The van der Waals surface area contributed by atoms with Crippen LogP contribution in [0.2, 0.25) is 0 Å². The fourth-order valence-corrected chi connectivity index (χ4v) is 3.13. The van der Waals surface area contributed by atoms with E-state index in [2.05, 4.69) is 26.1 Å². The van der Waals surface area contributed by atoms with Crippen LogP contribution in [0.1, 0.15) is 46.5 Å². The molecule has 2 nitrogen and oxygen atoms in total. The van der Waals surface area contributed by atoms with Crippen molar-refractivity contribution < 1.29 is 4.74 Å². The Labute approximate surface area is 101 Å². The molecular formula is C14H29NO. The minimum absolute atomic E-state index is 0.699. The quantitative estimate of drug-likeness (QED) is 0.721. The first-order valence-electron chi connectivity index (χ1n) is 6.91. The van der Waals surface area contributed by atoms with Crippen molar-refractivity contribution in [3.8, 4) is 0 Å². The van der Waals surface area contributed by atoms with Crippen LogP contribution >= 0.6 is 0 Å². The Morgan fingerprint density at radius 3 is 2.62 bits per heavy atom. The Balaban J connectivity index is 2.45. The second kappa shape index (κ2) is 7.29. The van der Waals surface area contributed by atoms with Gasteiger partial charge in [-0.05, 0) is 43.6 Å². The molecule has 0 aromatic heterocycles. The zero-order valence-electron chi connectivity index (χ0n) is 11.5. The van der Waals surface area contributed by atoms with E-state index in [1.165, 1.54) is 25.7 Å². The highest BCUT2D eigenvalue weighted by Crippen LogP contribution is 2.35. The third kappa shape index (κ3) is 4.06. The van der Waals surface area contributed by atoms with E-state index < -0.39 is 0 Å². The lowest BCUT2D eigenvalue weighted by atomic mass is 9.86. The number of hydrogen-bond acceptors (Lipinski definition) is 2. The fourth-order valence-electron chi connectivity index (χ4n) is 3.13. The van der Waals surface area contributed by atoms with Gasteiger partial charge in [-0.3, -0.25) is 0 Å². The van der Waals surface area contributed by atoms with Crippen LogP contribution in [0.3, 0.4) is 0 Å². The summed E-state index contributed by atoms with van der Waals surface area (Å²) in [6.07, 6.45) is 5.42. The molecule has 0 amide bonds. The van der Waals surface area contributed by atoms with Crippen molar-refractivity contribution in [2.45, 2.75) is 52.5 Å². The highest BCUT2D eigenvalue weighted by atomic mass is 16.5. The molecule has 4 atom stereocenters. The van der Waals surface area contributed by atoms with Crippen LogP contribution < -0.4 is 5.32 Å². The Hall–Kier alpha value is -0.0800. The van der Waals surface area contributed by atoms with Gasteiger partial charge in [-0.25, -0.2) is 0 Å². The zero-order chi connectivity index (χ0) is 12.0. The largest absolute Gasteiger partial charge is 0.385 e. The van der Waals surface area contributed by atoms with E-state index in [9.17, 15) is 0 Å². The Morgan fingerprint density at radius 1 is 1.38 bits per heavy atom. The van der Waals surface area contributed by atoms with Crippen molar-refractivity contribution in [3.05, 3.63) is 0 Å². The van der Waals surface area contributed by atoms with Gasteiger partial charge in [0.15, 0.2) is 0 Å². The molecule has 2 heteroatoms. The van der Waals surface area contributed by atoms with Gasteiger partial charge in [-0.2, -0.15) is 0 Å². The van der Waals surface area contributed by atoms with Gasteiger partial charge >= 0.3 is 0 Å². The average Bonchev–Trinajstić information content (AvgIpc) is 2.69. The summed E-state index contributed by atoms with van der Waals surface area (Å²) in [4.78, 5) is 0. The molecular weight excluding hydrogens is 198 g/mol. The summed E-state index contributed by atoms with van der Waals surface area (Å²) in [6.45, 7) is 8.96. The van der Waals surface area contributed by atoms with Crippen molar-refractivity contribution in [2.24, 2.45) is 17.8 Å². The number of nitrogens with one attached hydrogen (secondary N) is 1. The highest BCUT2D eigenvalue weighted by Gasteiger charge is 2.31. The summed E-state index contributed by atoms with van der Waals surface area (Å²) >= 11 is 0. The third-order valence-corrected chi connectivity index (χ3v) is 4.07. The van der Waals surface area contributed by atoms with Crippen LogP contribution in [0.25, 0.3) is 0 Å². The Bertz CT molecular complexity index is 184. The molecule has 96 valence electrons. The summed E-state index contributed by atoms with van der Waals surface area (Å²) in [5.41, 5.74) is 0. The minimum Gasteiger partial charge on any atom is -0.385 e. The SMILES string of the molecule is CCNC(C(C)CCOC)C1CCC(C)C1. The molecule has 1 aliphatic rings. The second-order valence-corrected chi connectivity index (χ2v) is 5.52. The first-order valence-corrected chi connectivity index (χ1v) is 6.91. The van der Waals surface area contributed by atoms with Crippen LogP contribution in [0, 0.1) is 17.8 Å². The van der Waals surface area contributed by atoms with E-state index in [0.29, 0.717) is 6.04 Å². The number of hydrogen-bond donors (Lipinski definition) is 1. The maximum atomic E-state index is 5.20. The van der Waals surface area contributed by atoms with Gasteiger partial charge in [0.05, 0.1) is 0 Å². The van der Waals surface area contributed by atoms with Gasteiger partial charge in [0.25, 0.3) is 0 Å². The average molecular weight is 227 g/mol. The number of rotatable bonds is 7. The smallest absolute Gasteiger partial charge is 0.0465 e. The molecule has 1 fully saturated rings. The van der Waals surface area contributed by atoms with Crippen LogP contribution in [-0.2, 0) is 4.74 Å². The second-order valence-electron chi connectivity index (χ2n) is 5.52. The maximum absolute atomic E-state index is 5.20. The predicted octanol–water partition coefficient (Wildman–Crippen LogP) is 3.07. The third-order valence-electron chi connectivity index (χ3n) is 4.07. The Morgan fingerprint density at radius 2 is 2.12 bits per heavy atom. The van der Waals surface area contributed by atoms with Crippen molar-refractivity contribution in [3.63, 3.8) is 0 Å². The summed E-state index contributed by atoms with van der Waals surface area (Å²) in [5, 5.41) is 3.70. The molecule has 0 saturated heterocycles. The zero-order valence-corrected chi connectivity index (χ0v) is 11.5. The van der Waals surface area contributed by atoms with Gasteiger partial charge in [-0.1, -0.05) is 27.2 Å². The molecule has 1 aliphatic carbocycles. The van der Waals surface area contributed by atoms with Gasteiger partial charge in [0.1, 0.15) is 0 Å². The monoisotopic (exact) mass is 227 g/mol. The predicted molar refractivity (Wildman–Crippen MR) is 69.6 cm³/mol. The fraction of sp³-hybridized carbons (Fsp3) is 1.00.